The number of pyridine rings is 2. The largest absolute Gasteiger partial charge is 0.353 e. The van der Waals surface area contributed by atoms with Gasteiger partial charge in [-0.1, -0.05) is 13.8 Å². The van der Waals surface area contributed by atoms with Crippen molar-refractivity contribution in [1.82, 2.24) is 29.5 Å². The van der Waals surface area contributed by atoms with Crippen LogP contribution in [-0.2, 0) is 16.3 Å². The molecule has 0 saturated carbocycles. The van der Waals surface area contributed by atoms with Crippen molar-refractivity contribution in [3.63, 3.8) is 0 Å². The molecule has 0 atom stereocenters. The summed E-state index contributed by atoms with van der Waals surface area (Å²) in [7, 11) is -2.89. The van der Waals surface area contributed by atoms with Gasteiger partial charge >= 0.3 is 0 Å². The maximum Gasteiger partial charge on any atom is 0.158 e. The quantitative estimate of drug-likeness (QED) is 0.399. The van der Waals surface area contributed by atoms with E-state index >= 15 is 0 Å². The van der Waals surface area contributed by atoms with Gasteiger partial charge in [-0.2, -0.15) is 5.10 Å². The molecule has 8 nitrogen and oxygen atoms in total. The summed E-state index contributed by atoms with van der Waals surface area (Å²) in [6.07, 6.45) is 6.97. The van der Waals surface area contributed by atoms with Crippen LogP contribution in [0.5, 0.6) is 0 Å². The molecule has 1 N–H and O–H groups in total. The van der Waals surface area contributed by atoms with Gasteiger partial charge in [0.05, 0.1) is 22.5 Å². The zero-order chi connectivity index (χ0) is 24.9. The highest BCUT2D eigenvalue weighted by atomic mass is 32.2. The lowest BCUT2D eigenvalue weighted by Gasteiger charge is -2.39. The number of hydrogen-bond donors (Lipinski definition) is 1. The van der Waals surface area contributed by atoms with E-state index in [0.717, 1.165) is 65.1 Å². The molecule has 0 spiro atoms. The summed E-state index contributed by atoms with van der Waals surface area (Å²) in [6, 6.07) is 4.29. The first kappa shape index (κ1) is 23.9. The number of aromatic nitrogens is 5. The Morgan fingerprint density at radius 3 is 2.66 bits per heavy atom. The first-order chi connectivity index (χ1) is 16.6. The number of sulfone groups is 1. The van der Waals surface area contributed by atoms with E-state index < -0.39 is 9.84 Å². The summed E-state index contributed by atoms with van der Waals surface area (Å²) in [5, 5.41) is 4.38. The molecule has 0 radical (unpaired) electrons. The minimum Gasteiger partial charge on any atom is -0.353 e. The maximum atomic E-state index is 11.4. The second-order valence-electron chi connectivity index (χ2n) is 10.4. The van der Waals surface area contributed by atoms with E-state index in [4.69, 9.17) is 4.98 Å². The summed E-state index contributed by atoms with van der Waals surface area (Å²) in [5.74, 6) is 1.16. The zero-order valence-corrected chi connectivity index (χ0v) is 22.0. The molecule has 1 aliphatic heterocycles. The number of rotatable bonds is 8. The molecule has 0 amide bonds. The monoisotopic (exact) mass is 494 g/mol. The Bertz CT molecular complexity index is 1500. The van der Waals surface area contributed by atoms with Crippen molar-refractivity contribution in [2.45, 2.75) is 46.5 Å². The third kappa shape index (κ3) is 4.71. The second kappa shape index (κ2) is 9.02. The van der Waals surface area contributed by atoms with E-state index in [1.54, 1.807) is 6.33 Å². The van der Waals surface area contributed by atoms with Gasteiger partial charge < -0.3 is 9.88 Å². The fourth-order valence-corrected chi connectivity index (χ4v) is 5.77. The highest BCUT2D eigenvalue weighted by Gasteiger charge is 2.27. The second-order valence-corrected chi connectivity index (χ2v) is 12.6. The van der Waals surface area contributed by atoms with Crippen LogP contribution in [0.1, 0.15) is 48.6 Å². The van der Waals surface area contributed by atoms with E-state index in [1.807, 2.05) is 4.52 Å². The predicted octanol–water partition coefficient (Wildman–Crippen LogP) is 3.92. The molecule has 5 heterocycles. The average Bonchev–Trinajstić information content (AvgIpc) is 3.38. The van der Waals surface area contributed by atoms with Gasteiger partial charge in [0.15, 0.2) is 5.65 Å². The molecule has 9 heteroatoms. The first-order valence-corrected chi connectivity index (χ1v) is 14.4. The number of aromatic amines is 1. The van der Waals surface area contributed by atoms with E-state index in [-0.39, 0.29) is 5.75 Å². The van der Waals surface area contributed by atoms with E-state index in [1.165, 1.54) is 17.4 Å². The van der Waals surface area contributed by atoms with Gasteiger partial charge in [-0.3, -0.25) is 4.98 Å². The van der Waals surface area contributed by atoms with Crippen molar-refractivity contribution < 1.29 is 8.42 Å². The lowest BCUT2D eigenvalue weighted by atomic mass is 9.93. The number of fused-ring (bicyclic) bond motifs is 2. The van der Waals surface area contributed by atoms with E-state index in [0.29, 0.717) is 18.4 Å². The van der Waals surface area contributed by atoms with Crippen LogP contribution >= 0.6 is 0 Å². The maximum absolute atomic E-state index is 11.4. The Kier molecular flexibility index (Phi) is 6.17. The Labute approximate surface area is 206 Å². The van der Waals surface area contributed by atoms with Crippen molar-refractivity contribution in [1.29, 1.82) is 0 Å². The summed E-state index contributed by atoms with van der Waals surface area (Å²) in [6.45, 7) is 11.3. The average molecular weight is 495 g/mol. The van der Waals surface area contributed by atoms with Crippen LogP contribution < -0.4 is 0 Å². The van der Waals surface area contributed by atoms with E-state index in [2.05, 4.69) is 66.0 Å². The van der Waals surface area contributed by atoms with Gasteiger partial charge in [0.2, 0.25) is 0 Å². The molecule has 4 aromatic rings. The van der Waals surface area contributed by atoms with Crippen LogP contribution in [-0.4, -0.2) is 69.5 Å². The SMILES string of the molecule is Cc1c(-c2[nH]c3ccc(CCC4CN(CCS(C)(=O)=O)C4)nc3c2C(C)C)cn2ncnc2c1C. The van der Waals surface area contributed by atoms with Crippen molar-refractivity contribution in [3.05, 3.63) is 47.0 Å². The van der Waals surface area contributed by atoms with Crippen molar-refractivity contribution in [3.8, 4) is 11.3 Å². The molecular formula is C26H34N6O2S. The van der Waals surface area contributed by atoms with Crippen LogP contribution in [0.25, 0.3) is 27.9 Å². The number of nitrogens with one attached hydrogen (secondary N) is 1. The highest BCUT2D eigenvalue weighted by molar-refractivity contribution is 7.90. The predicted molar refractivity (Wildman–Crippen MR) is 140 cm³/mol. The lowest BCUT2D eigenvalue weighted by Crippen LogP contribution is -2.48. The highest BCUT2D eigenvalue weighted by Crippen LogP contribution is 2.37. The van der Waals surface area contributed by atoms with Gasteiger partial charge in [0, 0.05) is 48.9 Å². The molecule has 5 rings (SSSR count). The molecule has 1 aliphatic rings. The molecule has 0 aliphatic carbocycles. The van der Waals surface area contributed by atoms with E-state index in [9.17, 15) is 8.42 Å². The van der Waals surface area contributed by atoms with Crippen LogP contribution in [0.2, 0.25) is 0 Å². The molecule has 1 fully saturated rings. The fourth-order valence-electron chi connectivity index (χ4n) is 5.18. The molecule has 0 unspecified atom stereocenters. The number of nitrogens with zero attached hydrogens (tertiary/aromatic N) is 5. The van der Waals surface area contributed by atoms with Gasteiger partial charge in [0.25, 0.3) is 0 Å². The summed E-state index contributed by atoms with van der Waals surface area (Å²) in [4.78, 5) is 15.4. The topological polar surface area (TPSA) is 96.2 Å². The third-order valence-electron chi connectivity index (χ3n) is 7.33. The molecule has 186 valence electrons. The molecule has 35 heavy (non-hydrogen) atoms. The lowest BCUT2D eigenvalue weighted by molar-refractivity contribution is 0.102. The van der Waals surface area contributed by atoms with Gasteiger partial charge in [-0.15, -0.1) is 0 Å². The number of H-pyrrole nitrogens is 1. The smallest absolute Gasteiger partial charge is 0.158 e. The number of aryl methyl sites for hydroxylation is 2. The minimum absolute atomic E-state index is 0.245. The zero-order valence-electron chi connectivity index (χ0n) is 21.2. The molecule has 4 aromatic heterocycles. The summed E-state index contributed by atoms with van der Waals surface area (Å²) >= 11 is 0. The Morgan fingerprint density at radius 1 is 1.17 bits per heavy atom. The van der Waals surface area contributed by atoms with Gasteiger partial charge in [-0.05, 0) is 61.8 Å². The fraction of sp³-hybridized carbons (Fsp3) is 0.500. The third-order valence-corrected chi connectivity index (χ3v) is 8.25. The Morgan fingerprint density at radius 2 is 1.94 bits per heavy atom. The van der Waals surface area contributed by atoms with Crippen LogP contribution in [0.3, 0.4) is 0 Å². The van der Waals surface area contributed by atoms with Crippen LogP contribution in [0.15, 0.2) is 24.7 Å². The normalized spacial score (nSPS) is 15.5. The molecular weight excluding hydrogens is 460 g/mol. The summed E-state index contributed by atoms with van der Waals surface area (Å²) in [5.41, 5.74) is 9.91. The Hall–Kier alpha value is -2.78. The number of hydrogen-bond acceptors (Lipinski definition) is 6. The van der Waals surface area contributed by atoms with Crippen LogP contribution in [0, 0.1) is 19.8 Å². The van der Waals surface area contributed by atoms with Gasteiger partial charge in [-0.25, -0.2) is 17.9 Å². The standard InChI is InChI=1S/C26H34N6O2S/c1-16(2)23-24(21-14-32-26(27-15-28-32)18(4)17(21)3)30-22-9-8-20(29-25(22)23)7-6-19-12-31(13-19)10-11-35(5,33)34/h8-9,14-16,19,30H,6-7,10-13H2,1-5H3. The molecule has 0 aromatic carbocycles. The first-order valence-electron chi connectivity index (χ1n) is 12.3. The van der Waals surface area contributed by atoms with Gasteiger partial charge in [0.1, 0.15) is 16.2 Å². The Balaban J connectivity index is 1.38. The van der Waals surface area contributed by atoms with Crippen LogP contribution in [0.4, 0.5) is 0 Å². The molecule has 1 saturated heterocycles. The number of likely N-dealkylation sites (tertiary alicyclic amines) is 1. The van der Waals surface area contributed by atoms with Crippen molar-refractivity contribution >= 4 is 26.5 Å². The molecule has 0 bridgehead atoms. The van der Waals surface area contributed by atoms with Crippen molar-refractivity contribution in [2.24, 2.45) is 5.92 Å². The van der Waals surface area contributed by atoms with Crippen molar-refractivity contribution in [2.75, 3.05) is 31.6 Å². The minimum atomic E-state index is -2.89. The summed E-state index contributed by atoms with van der Waals surface area (Å²) < 4.78 is 24.6.